The minimum atomic E-state index is -1.02. The number of fused-ring (bicyclic) bond motifs is 1. The molecule has 1 aliphatic carbocycles. The molecule has 1 aromatic heterocycles. The van der Waals surface area contributed by atoms with Crippen molar-refractivity contribution in [2.75, 3.05) is 6.54 Å². The maximum Gasteiger partial charge on any atom is 0.331 e. The van der Waals surface area contributed by atoms with Crippen molar-refractivity contribution in [2.45, 2.75) is 39.2 Å². The van der Waals surface area contributed by atoms with Crippen LogP contribution in [-0.2, 0) is 16.0 Å². The lowest BCUT2D eigenvalue weighted by atomic mass is 9.94. The van der Waals surface area contributed by atoms with Crippen LogP contribution >= 0.6 is 11.3 Å². The van der Waals surface area contributed by atoms with E-state index in [1.54, 1.807) is 18.3 Å². The van der Waals surface area contributed by atoms with Crippen LogP contribution in [0.2, 0.25) is 0 Å². The highest BCUT2D eigenvalue weighted by Gasteiger charge is 2.42. The largest absolute Gasteiger partial charge is 0.478 e. The number of aliphatic carboxylic acids is 1. The second kappa shape index (κ2) is 5.30. The maximum atomic E-state index is 12.7. The summed E-state index contributed by atoms with van der Waals surface area (Å²) in [5.41, 5.74) is 1.78. The number of rotatable bonds is 3. The molecule has 21 heavy (non-hydrogen) atoms. The molecule has 4 nitrogen and oxygen atoms in total. The van der Waals surface area contributed by atoms with Gasteiger partial charge in [0.15, 0.2) is 0 Å². The lowest BCUT2D eigenvalue weighted by molar-refractivity contribution is -0.134. The smallest absolute Gasteiger partial charge is 0.331 e. The second-order valence-corrected chi connectivity index (χ2v) is 6.89. The predicted molar refractivity (Wildman–Crippen MR) is 81.2 cm³/mol. The molecule has 5 heteroatoms. The number of hydrogen-bond donors (Lipinski definition) is 1. The number of nitrogens with zero attached hydrogens (tertiary/aromatic N) is 1. The average molecular weight is 305 g/mol. The second-order valence-electron chi connectivity index (χ2n) is 5.89. The first-order valence-electron chi connectivity index (χ1n) is 7.28. The maximum absolute atomic E-state index is 12.7. The molecule has 0 aromatic carbocycles. The Hall–Kier alpha value is -1.62. The summed E-state index contributed by atoms with van der Waals surface area (Å²) in [6.45, 7) is 3.82. The zero-order valence-corrected chi connectivity index (χ0v) is 13.1. The van der Waals surface area contributed by atoms with Crippen molar-refractivity contribution < 1.29 is 14.7 Å². The van der Waals surface area contributed by atoms with Crippen molar-refractivity contribution in [1.29, 1.82) is 0 Å². The molecule has 2 heterocycles. The third kappa shape index (κ3) is 2.50. The Kier molecular flexibility index (Phi) is 3.61. The fourth-order valence-electron chi connectivity index (χ4n) is 3.03. The summed E-state index contributed by atoms with van der Waals surface area (Å²) in [6, 6.07) is 2.27. The topological polar surface area (TPSA) is 57.6 Å². The van der Waals surface area contributed by atoms with Gasteiger partial charge in [-0.25, -0.2) is 4.79 Å². The minimum absolute atomic E-state index is 0.122. The highest BCUT2D eigenvalue weighted by molar-refractivity contribution is 7.10. The first-order chi connectivity index (χ1) is 10.0. The number of carboxylic acid groups (broad SMARTS) is 1. The predicted octanol–water partition coefficient (Wildman–Crippen LogP) is 3.00. The van der Waals surface area contributed by atoms with Crippen LogP contribution in [0.4, 0.5) is 0 Å². The van der Waals surface area contributed by atoms with Crippen molar-refractivity contribution in [1.82, 2.24) is 4.90 Å². The van der Waals surface area contributed by atoms with Gasteiger partial charge in [0.1, 0.15) is 0 Å². The number of thiophene rings is 1. The van der Waals surface area contributed by atoms with E-state index in [-0.39, 0.29) is 17.5 Å². The summed E-state index contributed by atoms with van der Waals surface area (Å²) in [6.07, 6.45) is 3.19. The molecule has 0 spiro atoms. The number of carbonyl (C=O) groups is 2. The Morgan fingerprint density at radius 2 is 2.00 bits per heavy atom. The molecule has 3 rings (SSSR count). The van der Waals surface area contributed by atoms with Crippen molar-refractivity contribution >= 4 is 23.2 Å². The van der Waals surface area contributed by atoms with Gasteiger partial charge in [-0.2, -0.15) is 0 Å². The minimum Gasteiger partial charge on any atom is -0.478 e. The Morgan fingerprint density at radius 3 is 2.62 bits per heavy atom. The zero-order valence-electron chi connectivity index (χ0n) is 12.3. The standard InChI is InChI=1S/C16H19NO3S/c1-9(10(2)16(19)20)15(18)17-7-5-13-12(6-8-21-13)14(17)11-3-4-11/h6,8,11,14H,3-5,7H2,1-2H3,(H,19,20). The van der Waals surface area contributed by atoms with Gasteiger partial charge < -0.3 is 10.0 Å². The van der Waals surface area contributed by atoms with Crippen LogP contribution in [0.15, 0.2) is 22.6 Å². The van der Waals surface area contributed by atoms with Crippen LogP contribution in [0, 0.1) is 5.92 Å². The van der Waals surface area contributed by atoms with E-state index in [4.69, 9.17) is 5.11 Å². The Morgan fingerprint density at radius 1 is 1.29 bits per heavy atom. The fourth-order valence-corrected chi connectivity index (χ4v) is 3.94. The van der Waals surface area contributed by atoms with E-state index in [1.807, 2.05) is 4.90 Å². The highest BCUT2D eigenvalue weighted by atomic mass is 32.1. The molecular formula is C16H19NO3S. The molecule has 1 fully saturated rings. The number of carboxylic acids is 1. The zero-order chi connectivity index (χ0) is 15.1. The first kappa shape index (κ1) is 14.3. The summed E-state index contributed by atoms with van der Waals surface area (Å²) in [5.74, 6) is -0.596. The van der Waals surface area contributed by atoms with Crippen LogP contribution in [0.25, 0.3) is 0 Å². The van der Waals surface area contributed by atoms with Gasteiger partial charge in [0.25, 0.3) is 5.91 Å². The van der Waals surface area contributed by atoms with Crippen LogP contribution < -0.4 is 0 Å². The SMILES string of the molecule is CC(C(=O)O)=C(C)C(=O)N1CCc2sccc2C1C1CC1. The third-order valence-electron chi connectivity index (χ3n) is 4.55. The molecule has 1 aliphatic heterocycles. The van der Waals surface area contributed by atoms with Crippen molar-refractivity contribution in [3.05, 3.63) is 33.0 Å². The van der Waals surface area contributed by atoms with E-state index in [2.05, 4.69) is 11.4 Å². The summed E-state index contributed by atoms with van der Waals surface area (Å²) in [5, 5.41) is 11.2. The van der Waals surface area contributed by atoms with Gasteiger partial charge >= 0.3 is 5.97 Å². The summed E-state index contributed by atoms with van der Waals surface area (Å²) in [4.78, 5) is 27.1. The molecule has 0 saturated heterocycles. The summed E-state index contributed by atoms with van der Waals surface area (Å²) in [7, 11) is 0. The quantitative estimate of drug-likeness (QED) is 0.873. The van der Waals surface area contributed by atoms with Crippen molar-refractivity contribution in [3.63, 3.8) is 0 Å². The Labute approximate surface area is 128 Å². The normalized spacial score (nSPS) is 22.6. The van der Waals surface area contributed by atoms with E-state index < -0.39 is 5.97 Å². The van der Waals surface area contributed by atoms with Gasteiger partial charge in [-0.15, -0.1) is 11.3 Å². The lowest BCUT2D eigenvalue weighted by Crippen LogP contribution is -2.41. The van der Waals surface area contributed by atoms with Gasteiger partial charge in [0, 0.05) is 22.6 Å². The number of amides is 1. The summed E-state index contributed by atoms with van der Waals surface area (Å²) < 4.78 is 0. The average Bonchev–Trinajstić information content (AvgIpc) is 3.20. The molecule has 1 saturated carbocycles. The third-order valence-corrected chi connectivity index (χ3v) is 5.54. The molecule has 112 valence electrons. The molecule has 1 aromatic rings. The molecule has 1 atom stereocenters. The molecule has 1 N–H and O–H groups in total. The van der Waals surface area contributed by atoms with Gasteiger partial charge in [-0.1, -0.05) is 0 Å². The van der Waals surface area contributed by atoms with E-state index in [0.29, 0.717) is 18.0 Å². The van der Waals surface area contributed by atoms with Gasteiger partial charge in [-0.05, 0) is 56.0 Å². The van der Waals surface area contributed by atoms with Crippen LogP contribution in [-0.4, -0.2) is 28.4 Å². The Balaban J connectivity index is 1.93. The van der Waals surface area contributed by atoms with E-state index in [9.17, 15) is 9.59 Å². The molecule has 1 unspecified atom stereocenters. The first-order valence-corrected chi connectivity index (χ1v) is 8.16. The fraction of sp³-hybridized carbons (Fsp3) is 0.500. The molecule has 1 amide bonds. The molecular weight excluding hydrogens is 286 g/mol. The van der Waals surface area contributed by atoms with Gasteiger partial charge in [-0.3, -0.25) is 4.79 Å². The van der Waals surface area contributed by atoms with Crippen molar-refractivity contribution in [3.8, 4) is 0 Å². The van der Waals surface area contributed by atoms with Crippen LogP contribution in [0.1, 0.15) is 43.2 Å². The van der Waals surface area contributed by atoms with E-state index in [0.717, 1.165) is 19.3 Å². The molecule has 0 radical (unpaired) electrons. The van der Waals surface area contributed by atoms with Gasteiger partial charge in [0.05, 0.1) is 6.04 Å². The number of carbonyl (C=O) groups excluding carboxylic acids is 1. The van der Waals surface area contributed by atoms with Crippen LogP contribution in [0.5, 0.6) is 0 Å². The Bertz CT molecular complexity index is 627. The van der Waals surface area contributed by atoms with Gasteiger partial charge in [0.2, 0.25) is 0 Å². The molecule has 2 aliphatic rings. The highest BCUT2D eigenvalue weighted by Crippen LogP contribution is 2.48. The van der Waals surface area contributed by atoms with E-state index >= 15 is 0 Å². The number of hydrogen-bond acceptors (Lipinski definition) is 3. The van der Waals surface area contributed by atoms with Crippen LogP contribution in [0.3, 0.4) is 0 Å². The lowest BCUT2D eigenvalue weighted by Gasteiger charge is -2.36. The monoisotopic (exact) mass is 305 g/mol. The van der Waals surface area contributed by atoms with E-state index in [1.165, 1.54) is 17.4 Å². The summed E-state index contributed by atoms with van der Waals surface area (Å²) >= 11 is 1.76. The molecule has 0 bridgehead atoms. The van der Waals surface area contributed by atoms with Crippen molar-refractivity contribution in [2.24, 2.45) is 5.92 Å².